The summed E-state index contributed by atoms with van der Waals surface area (Å²) in [6, 6.07) is 14.4. The molecule has 2 saturated heterocycles. The van der Waals surface area contributed by atoms with E-state index in [1.54, 1.807) is 24.3 Å². The van der Waals surface area contributed by atoms with Crippen LogP contribution < -0.4 is 0 Å². The third kappa shape index (κ3) is 6.66. The van der Waals surface area contributed by atoms with Crippen LogP contribution in [-0.2, 0) is 24.4 Å². The van der Waals surface area contributed by atoms with Crippen molar-refractivity contribution in [2.45, 2.75) is 31.5 Å². The van der Waals surface area contributed by atoms with Crippen molar-refractivity contribution in [3.63, 3.8) is 0 Å². The highest BCUT2D eigenvalue weighted by Crippen LogP contribution is 2.32. The van der Waals surface area contributed by atoms with Crippen LogP contribution >= 0.6 is 0 Å². The van der Waals surface area contributed by atoms with Gasteiger partial charge < -0.3 is 29.2 Å². The van der Waals surface area contributed by atoms with Crippen LogP contribution in [0.4, 0.5) is 4.79 Å². The first-order valence-electron chi connectivity index (χ1n) is 9.46. The molecular formula is C22H26O7. The Morgan fingerprint density at radius 1 is 0.862 bits per heavy atom. The van der Waals surface area contributed by atoms with Gasteiger partial charge in [-0.25, -0.2) is 4.79 Å². The van der Waals surface area contributed by atoms with Crippen molar-refractivity contribution in [1.29, 1.82) is 0 Å². The molecule has 29 heavy (non-hydrogen) atoms. The van der Waals surface area contributed by atoms with E-state index in [1.807, 2.05) is 24.3 Å². The molecule has 2 N–H and O–H groups in total. The van der Waals surface area contributed by atoms with Crippen LogP contribution in [0.2, 0.25) is 0 Å². The fourth-order valence-electron chi connectivity index (χ4n) is 2.62. The quantitative estimate of drug-likeness (QED) is 0.564. The summed E-state index contributed by atoms with van der Waals surface area (Å²) in [6.45, 7) is 6.18. The number of epoxide rings is 2. The predicted molar refractivity (Wildman–Crippen MR) is 105 cm³/mol. The summed E-state index contributed by atoms with van der Waals surface area (Å²) in [6.07, 6.45) is -0.453. The predicted octanol–water partition coefficient (Wildman–Crippen LogP) is 3.36. The molecule has 0 spiro atoms. The Labute approximate surface area is 169 Å². The van der Waals surface area contributed by atoms with Crippen LogP contribution in [0.25, 0.3) is 0 Å². The van der Waals surface area contributed by atoms with E-state index in [9.17, 15) is 15.0 Å². The number of ether oxygens (including phenoxy) is 4. The van der Waals surface area contributed by atoms with Crippen LogP contribution in [0.5, 0.6) is 11.5 Å². The van der Waals surface area contributed by atoms with E-state index in [4.69, 9.17) is 18.9 Å². The smallest absolute Gasteiger partial charge is 0.508 e. The zero-order valence-corrected chi connectivity index (χ0v) is 16.5. The molecule has 2 aliphatic rings. The number of benzene rings is 2. The molecule has 156 valence electrons. The van der Waals surface area contributed by atoms with Gasteiger partial charge in [-0.1, -0.05) is 38.1 Å². The van der Waals surface area contributed by atoms with Crippen molar-refractivity contribution < 1.29 is 34.0 Å². The number of carbonyl (C=O) groups is 1. The first-order valence-corrected chi connectivity index (χ1v) is 9.46. The number of hydrogen-bond donors (Lipinski definition) is 2. The van der Waals surface area contributed by atoms with E-state index in [0.29, 0.717) is 26.4 Å². The van der Waals surface area contributed by atoms with Crippen molar-refractivity contribution >= 4 is 6.16 Å². The van der Waals surface area contributed by atoms with E-state index >= 15 is 0 Å². The molecule has 0 aliphatic carbocycles. The third-order valence-corrected chi connectivity index (χ3v) is 4.76. The van der Waals surface area contributed by atoms with Crippen molar-refractivity contribution in [1.82, 2.24) is 0 Å². The SMILES string of the molecule is CC(C)(c1ccc(O)cc1)c1ccc(O)cc1.O=C(OCC1CO1)OCC1CO1. The van der Waals surface area contributed by atoms with E-state index in [-0.39, 0.29) is 29.1 Å². The fraction of sp³-hybridized carbons (Fsp3) is 0.409. The lowest BCUT2D eigenvalue weighted by molar-refractivity contribution is 0.0461. The van der Waals surface area contributed by atoms with E-state index in [1.165, 1.54) is 0 Å². The number of phenols is 2. The van der Waals surface area contributed by atoms with Crippen molar-refractivity contribution in [2.75, 3.05) is 26.4 Å². The van der Waals surface area contributed by atoms with Crippen molar-refractivity contribution in [2.24, 2.45) is 0 Å². The van der Waals surface area contributed by atoms with E-state index < -0.39 is 6.16 Å². The zero-order valence-electron chi connectivity index (χ0n) is 16.5. The number of hydrogen-bond acceptors (Lipinski definition) is 7. The van der Waals surface area contributed by atoms with Gasteiger partial charge in [0.2, 0.25) is 0 Å². The first kappa shape index (κ1) is 21.0. The number of phenolic OH excluding ortho intramolecular Hbond substituents is 2. The fourth-order valence-corrected chi connectivity index (χ4v) is 2.62. The Morgan fingerprint density at radius 3 is 1.52 bits per heavy atom. The summed E-state index contributed by atoms with van der Waals surface area (Å²) in [5.74, 6) is 0.547. The van der Waals surface area contributed by atoms with Crippen molar-refractivity contribution in [3.8, 4) is 11.5 Å². The molecule has 2 aliphatic heterocycles. The molecule has 2 fully saturated rings. The second-order valence-electron chi connectivity index (χ2n) is 7.50. The van der Waals surface area contributed by atoms with Crippen LogP contribution in [0.3, 0.4) is 0 Å². The van der Waals surface area contributed by atoms with Gasteiger partial charge in [0.05, 0.1) is 13.2 Å². The Balaban J connectivity index is 0.000000176. The molecule has 2 unspecified atom stereocenters. The third-order valence-electron chi connectivity index (χ3n) is 4.76. The van der Waals surface area contributed by atoms with Gasteiger partial charge in [-0.05, 0) is 35.4 Å². The highest BCUT2D eigenvalue weighted by atomic mass is 16.7. The van der Waals surface area contributed by atoms with Crippen molar-refractivity contribution in [3.05, 3.63) is 59.7 Å². The van der Waals surface area contributed by atoms with Gasteiger partial charge in [0.1, 0.15) is 36.9 Å². The minimum Gasteiger partial charge on any atom is -0.508 e. The molecule has 0 saturated carbocycles. The molecule has 4 rings (SSSR count). The molecule has 2 atom stereocenters. The molecule has 7 heteroatoms. The molecule has 0 bridgehead atoms. The van der Waals surface area contributed by atoms with Gasteiger partial charge in [0, 0.05) is 5.41 Å². The molecular weight excluding hydrogens is 376 g/mol. The first-order chi connectivity index (χ1) is 13.8. The standard InChI is InChI=1S/C15H16O2.C7H10O5/c1-15(2,11-3-7-13(16)8-4-11)12-5-9-14(17)10-6-12;8-7(11-3-5-1-9-5)12-4-6-2-10-6/h3-10,16-17H,1-2H3;5-6H,1-4H2. The van der Waals surface area contributed by atoms with E-state index in [2.05, 4.69) is 13.8 Å². The van der Waals surface area contributed by atoms with Gasteiger partial charge in [-0.2, -0.15) is 0 Å². The summed E-state index contributed by atoms with van der Waals surface area (Å²) in [4.78, 5) is 10.8. The largest absolute Gasteiger partial charge is 0.508 e. The highest BCUT2D eigenvalue weighted by Gasteiger charge is 2.27. The van der Waals surface area contributed by atoms with Gasteiger partial charge >= 0.3 is 6.16 Å². The van der Waals surface area contributed by atoms with Gasteiger partial charge in [0.15, 0.2) is 0 Å². The molecule has 2 aromatic carbocycles. The number of rotatable bonds is 6. The summed E-state index contributed by atoms with van der Waals surface area (Å²) in [5.41, 5.74) is 2.10. The highest BCUT2D eigenvalue weighted by molar-refractivity contribution is 5.59. The average molecular weight is 402 g/mol. The monoisotopic (exact) mass is 402 g/mol. The van der Waals surface area contributed by atoms with Crippen LogP contribution in [0.15, 0.2) is 48.5 Å². The molecule has 2 heterocycles. The topological polar surface area (TPSA) is 101 Å². The molecule has 0 amide bonds. The second-order valence-corrected chi connectivity index (χ2v) is 7.50. The Kier molecular flexibility index (Phi) is 6.61. The van der Waals surface area contributed by atoms with Crippen LogP contribution in [-0.4, -0.2) is 55.0 Å². The second kappa shape index (κ2) is 9.15. The lowest BCUT2D eigenvalue weighted by Gasteiger charge is -2.26. The Hall–Kier alpha value is -2.77. The maximum absolute atomic E-state index is 10.8. The summed E-state index contributed by atoms with van der Waals surface area (Å²) >= 11 is 0. The average Bonchev–Trinajstić information content (AvgIpc) is 3.61. The Bertz CT molecular complexity index is 725. The molecule has 2 aromatic rings. The van der Waals surface area contributed by atoms with Crippen LogP contribution in [0.1, 0.15) is 25.0 Å². The molecule has 0 radical (unpaired) electrons. The minimum atomic E-state index is -0.638. The number of aromatic hydroxyl groups is 2. The normalized spacial score (nSPS) is 19.5. The lowest BCUT2D eigenvalue weighted by Crippen LogP contribution is -2.18. The van der Waals surface area contributed by atoms with Gasteiger partial charge in [-0.3, -0.25) is 0 Å². The minimum absolute atomic E-state index is 0.0923. The van der Waals surface area contributed by atoms with Gasteiger partial charge in [-0.15, -0.1) is 0 Å². The van der Waals surface area contributed by atoms with Crippen LogP contribution in [0, 0.1) is 0 Å². The molecule has 0 aromatic heterocycles. The van der Waals surface area contributed by atoms with E-state index in [0.717, 1.165) is 11.1 Å². The lowest BCUT2D eigenvalue weighted by atomic mass is 9.78. The Morgan fingerprint density at radius 2 is 1.21 bits per heavy atom. The molecule has 7 nitrogen and oxygen atoms in total. The maximum atomic E-state index is 10.8. The summed E-state index contributed by atoms with van der Waals surface area (Å²) in [5, 5.41) is 18.6. The summed E-state index contributed by atoms with van der Waals surface area (Å²) < 4.78 is 19.1. The zero-order chi connectivity index (χ0) is 20.9. The summed E-state index contributed by atoms with van der Waals surface area (Å²) in [7, 11) is 0. The van der Waals surface area contributed by atoms with Gasteiger partial charge in [0.25, 0.3) is 0 Å². The maximum Gasteiger partial charge on any atom is 0.508 e. The number of carbonyl (C=O) groups excluding carboxylic acids is 1.